The lowest BCUT2D eigenvalue weighted by atomic mass is 10.0. The number of nitrogens with two attached hydrogens (primary N) is 1. The van der Waals surface area contributed by atoms with Gasteiger partial charge in [-0.3, -0.25) is 0 Å². The molecule has 0 spiro atoms. The first-order chi connectivity index (χ1) is 6.81. The highest BCUT2D eigenvalue weighted by molar-refractivity contribution is 5.85. The zero-order chi connectivity index (χ0) is 9.97. The van der Waals surface area contributed by atoms with Gasteiger partial charge in [-0.15, -0.1) is 12.4 Å². The Balaban J connectivity index is 0.00000112. The van der Waals surface area contributed by atoms with Crippen LogP contribution in [0, 0.1) is 0 Å². The van der Waals surface area contributed by atoms with Crippen molar-refractivity contribution in [2.45, 2.75) is 32.2 Å². The quantitative estimate of drug-likeness (QED) is 0.862. The summed E-state index contributed by atoms with van der Waals surface area (Å²) in [5, 5.41) is 0. The molecule has 1 aromatic carbocycles. The van der Waals surface area contributed by atoms with Crippen molar-refractivity contribution in [2.75, 3.05) is 6.61 Å². The van der Waals surface area contributed by atoms with Crippen molar-refractivity contribution in [3.8, 4) is 5.75 Å². The summed E-state index contributed by atoms with van der Waals surface area (Å²) in [6, 6.07) is 6.52. The summed E-state index contributed by atoms with van der Waals surface area (Å²) >= 11 is 0. The van der Waals surface area contributed by atoms with E-state index < -0.39 is 0 Å². The van der Waals surface area contributed by atoms with Crippen LogP contribution in [-0.4, -0.2) is 6.61 Å². The van der Waals surface area contributed by atoms with Gasteiger partial charge in [-0.2, -0.15) is 0 Å². The SMILES string of the molecule is CCCC(N)c1ccc2c(c1)CCO2.Cl. The van der Waals surface area contributed by atoms with Gasteiger partial charge < -0.3 is 10.5 Å². The highest BCUT2D eigenvalue weighted by Gasteiger charge is 2.14. The van der Waals surface area contributed by atoms with Crippen molar-refractivity contribution in [1.29, 1.82) is 0 Å². The Bertz CT molecular complexity index is 327. The van der Waals surface area contributed by atoms with Gasteiger partial charge in [0.15, 0.2) is 0 Å². The van der Waals surface area contributed by atoms with E-state index in [9.17, 15) is 0 Å². The van der Waals surface area contributed by atoms with Crippen molar-refractivity contribution in [3.63, 3.8) is 0 Å². The van der Waals surface area contributed by atoms with E-state index in [-0.39, 0.29) is 18.4 Å². The van der Waals surface area contributed by atoms with Gasteiger partial charge in [0.25, 0.3) is 0 Å². The molecule has 0 aromatic heterocycles. The number of ether oxygens (including phenoxy) is 1. The molecule has 2 N–H and O–H groups in total. The molecule has 0 saturated heterocycles. The lowest BCUT2D eigenvalue weighted by molar-refractivity contribution is 0.357. The zero-order valence-corrected chi connectivity index (χ0v) is 9.85. The van der Waals surface area contributed by atoms with Gasteiger partial charge in [-0.25, -0.2) is 0 Å². The Morgan fingerprint density at radius 3 is 3.00 bits per heavy atom. The molecule has 0 aliphatic carbocycles. The summed E-state index contributed by atoms with van der Waals surface area (Å²) in [5.74, 6) is 1.04. The average molecular weight is 228 g/mol. The third-order valence-electron chi connectivity index (χ3n) is 2.74. The van der Waals surface area contributed by atoms with Crippen molar-refractivity contribution >= 4 is 12.4 Å². The van der Waals surface area contributed by atoms with Gasteiger partial charge in [-0.05, 0) is 23.6 Å². The third-order valence-corrected chi connectivity index (χ3v) is 2.74. The monoisotopic (exact) mass is 227 g/mol. The molecule has 0 amide bonds. The second-order valence-corrected chi connectivity index (χ2v) is 3.86. The Morgan fingerprint density at radius 1 is 1.47 bits per heavy atom. The molecular formula is C12H18ClNO. The molecule has 2 rings (SSSR count). The normalized spacial score (nSPS) is 15.1. The Morgan fingerprint density at radius 2 is 2.27 bits per heavy atom. The molecule has 1 atom stereocenters. The van der Waals surface area contributed by atoms with Crippen LogP contribution in [0.1, 0.15) is 36.9 Å². The number of hydrogen-bond acceptors (Lipinski definition) is 2. The summed E-state index contributed by atoms with van der Waals surface area (Å²) in [4.78, 5) is 0. The van der Waals surface area contributed by atoms with Gasteiger partial charge in [0.05, 0.1) is 6.61 Å². The van der Waals surface area contributed by atoms with E-state index in [1.807, 2.05) is 6.07 Å². The highest BCUT2D eigenvalue weighted by atomic mass is 35.5. The Hall–Kier alpha value is -0.730. The molecule has 1 aromatic rings. The minimum absolute atomic E-state index is 0. The second-order valence-electron chi connectivity index (χ2n) is 3.86. The minimum Gasteiger partial charge on any atom is -0.493 e. The molecule has 84 valence electrons. The molecule has 2 nitrogen and oxygen atoms in total. The number of benzene rings is 1. The van der Waals surface area contributed by atoms with Crippen LogP contribution in [0.4, 0.5) is 0 Å². The molecule has 0 fully saturated rings. The van der Waals surface area contributed by atoms with Crippen molar-refractivity contribution < 1.29 is 4.74 Å². The van der Waals surface area contributed by atoms with Crippen molar-refractivity contribution in [1.82, 2.24) is 0 Å². The lowest BCUT2D eigenvalue weighted by Gasteiger charge is -2.11. The van der Waals surface area contributed by atoms with Crippen molar-refractivity contribution in [2.24, 2.45) is 5.73 Å². The van der Waals surface area contributed by atoms with Gasteiger partial charge >= 0.3 is 0 Å². The van der Waals surface area contributed by atoms with E-state index in [1.165, 1.54) is 11.1 Å². The van der Waals surface area contributed by atoms with E-state index in [1.54, 1.807) is 0 Å². The molecule has 1 unspecified atom stereocenters. The van der Waals surface area contributed by atoms with Crippen LogP contribution in [0.15, 0.2) is 18.2 Å². The van der Waals surface area contributed by atoms with Crippen LogP contribution in [0.3, 0.4) is 0 Å². The number of rotatable bonds is 3. The van der Waals surface area contributed by atoms with E-state index in [0.29, 0.717) is 0 Å². The maximum absolute atomic E-state index is 6.06. The van der Waals surface area contributed by atoms with Crippen molar-refractivity contribution in [3.05, 3.63) is 29.3 Å². The summed E-state index contributed by atoms with van der Waals surface area (Å²) in [7, 11) is 0. The van der Waals surface area contributed by atoms with Gasteiger partial charge in [0.2, 0.25) is 0 Å². The number of halogens is 1. The molecule has 1 aliphatic heterocycles. The van der Waals surface area contributed by atoms with E-state index in [0.717, 1.165) is 31.6 Å². The average Bonchev–Trinajstić information content (AvgIpc) is 2.64. The fourth-order valence-electron chi connectivity index (χ4n) is 1.91. The maximum atomic E-state index is 6.06. The molecule has 1 heterocycles. The predicted octanol–water partition coefficient (Wildman–Crippen LogP) is 2.84. The molecule has 1 aliphatic rings. The first kappa shape index (κ1) is 12.3. The topological polar surface area (TPSA) is 35.2 Å². The first-order valence-corrected chi connectivity index (χ1v) is 5.32. The van der Waals surface area contributed by atoms with E-state index in [4.69, 9.17) is 10.5 Å². The standard InChI is InChI=1S/C12H17NO.ClH/c1-2-3-11(13)9-4-5-12-10(8-9)6-7-14-12;/h4-5,8,11H,2-3,6-7,13H2,1H3;1H. The molecular weight excluding hydrogens is 210 g/mol. The largest absolute Gasteiger partial charge is 0.493 e. The van der Waals surface area contributed by atoms with Gasteiger partial charge in [-0.1, -0.05) is 25.5 Å². The molecule has 0 saturated carbocycles. The zero-order valence-electron chi connectivity index (χ0n) is 9.03. The summed E-state index contributed by atoms with van der Waals surface area (Å²) in [5.41, 5.74) is 8.62. The van der Waals surface area contributed by atoms with Crippen LogP contribution in [-0.2, 0) is 6.42 Å². The summed E-state index contributed by atoms with van der Waals surface area (Å²) in [6.07, 6.45) is 3.22. The second kappa shape index (κ2) is 5.38. The van der Waals surface area contributed by atoms with E-state index in [2.05, 4.69) is 19.1 Å². The van der Waals surface area contributed by atoms with E-state index >= 15 is 0 Å². The van der Waals surface area contributed by atoms with Crippen LogP contribution in [0.2, 0.25) is 0 Å². The lowest BCUT2D eigenvalue weighted by Crippen LogP contribution is -2.09. The Kier molecular flexibility index (Phi) is 4.43. The molecule has 15 heavy (non-hydrogen) atoms. The molecule has 3 heteroatoms. The van der Waals surface area contributed by atoms with Crippen LogP contribution < -0.4 is 10.5 Å². The summed E-state index contributed by atoms with van der Waals surface area (Å²) < 4.78 is 5.45. The predicted molar refractivity (Wildman–Crippen MR) is 64.7 cm³/mol. The summed E-state index contributed by atoms with van der Waals surface area (Å²) in [6.45, 7) is 2.98. The minimum atomic E-state index is 0. The number of fused-ring (bicyclic) bond motifs is 1. The molecule has 0 radical (unpaired) electrons. The fourth-order valence-corrected chi connectivity index (χ4v) is 1.91. The van der Waals surface area contributed by atoms with Crippen LogP contribution in [0.25, 0.3) is 0 Å². The Labute approximate surface area is 97.2 Å². The van der Waals surface area contributed by atoms with Crippen LogP contribution >= 0.6 is 12.4 Å². The van der Waals surface area contributed by atoms with Gasteiger partial charge in [0, 0.05) is 12.5 Å². The van der Waals surface area contributed by atoms with Crippen LogP contribution in [0.5, 0.6) is 5.75 Å². The maximum Gasteiger partial charge on any atom is 0.122 e. The molecule has 0 bridgehead atoms. The fraction of sp³-hybridized carbons (Fsp3) is 0.500. The smallest absolute Gasteiger partial charge is 0.122 e. The van der Waals surface area contributed by atoms with Gasteiger partial charge in [0.1, 0.15) is 5.75 Å². The first-order valence-electron chi connectivity index (χ1n) is 5.32. The number of hydrogen-bond donors (Lipinski definition) is 1. The highest BCUT2D eigenvalue weighted by Crippen LogP contribution is 2.28. The third kappa shape index (κ3) is 2.64.